The summed E-state index contributed by atoms with van der Waals surface area (Å²) in [7, 11) is -3.59. The van der Waals surface area contributed by atoms with Crippen LogP contribution in [0.25, 0.3) is 0 Å². The molecule has 0 aliphatic rings. The summed E-state index contributed by atoms with van der Waals surface area (Å²) in [5.74, 6) is 0.0586. The number of rotatable bonds is 5. The molecule has 0 aliphatic heterocycles. The van der Waals surface area contributed by atoms with Crippen molar-refractivity contribution in [2.24, 2.45) is 9.50 Å². The zero-order valence-corrected chi connectivity index (χ0v) is 19.5. The van der Waals surface area contributed by atoms with E-state index in [2.05, 4.69) is 20.7 Å². The monoisotopic (exact) mass is 449 g/mol. The van der Waals surface area contributed by atoms with Gasteiger partial charge in [0.1, 0.15) is 0 Å². The first-order valence-corrected chi connectivity index (χ1v) is 11.8. The number of hydrogen-bond acceptors (Lipinski definition) is 6. The van der Waals surface area contributed by atoms with Crippen LogP contribution >= 0.6 is 11.3 Å². The van der Waals surface area contributed by atoms with Crippen LogP contribution in [0.3, 0.4) is 0 Å². The lowest BCUT2D eigenvalue weighted by Crippen LogP contribution is -2.19. The SMILES string of the molecule is CC(C)c1cc(C#N)cc(C(C)C)c1NC(=O)N=[S@](N)(=O)c1ncc(C(C)(C)O)s1. The fourth-order valence-corrected chi connectivity index (χ4v) is 4.86. The highest BCUT2D eigenvalue weighted by molar-refractivity contribution is 7.93. The molecule has 0 aliphatic carbocycles. The summed E-state index contributed by atoms with van der Waals surface area (Å²) >= 11 is 0.945. The van der Waals surface area contributed by atoms with Gasteiger partial charge in [-0.3, -0.25) is 0 Å². The molecular formula is C20H27N5O3S2. The molecule has 0 spiro atoms. The number of anilines is 1. The fourth-order valence-electron chi connectivity index (χ4n) is 2.78. The Morgan fingerprint density at radius 2 is 1.83 bits per heavy atom. The number of nitrogens with zero attached hydrogens (tertiary/aromatic N) is 3. The zero-order chi connectivity index (χ0) is 22.9. The van der Waals surface area contributed by atoms with Gasteiger partial charge < -0.3 is 10.4 Å². The summed E-state index contributed by atoms with van der Waals surface area (Å²) in [6.45, 7) is 10.9. The lowest BCUT2D eigenvalue weighted by Gasteiger charge is -2.20. The Morgan fingerprint density at radius 3 is 2.23 bits per heavy atom. The molecule has 2 aromatic rings. The number of amides is 2. The molecule has 162 valence electrons. The van der Waals surface area contributed by atoms with Gasteiger partial charge >= 0.3 is 6.03 Å². The first-order valence-electron chi connectivity index (χ1n) is 9.38. The highest BCUT2D eigenvalue weighted by Crippen LogP contribution is 2.34. The second kappa shape index (κ2) is 8.81. The molecule has 8 nitrogen and oxygen atoms in total. The van der Waals surface area contributed by atoms with E-state index in [9.17, 15) is 19.4 Å². The zero-order valence-electron chi connectivity index (χ0n) is 17.9. The van der Waals surface area contributed by atoms with Crippen molar-refractivity contribution in [1.82, 2.24) is 4.98 Å². The molecule has 1 atom stereocenters. The van der Waals surface area contributed by atoms with E-state index in [1.54, 1.807) is 26.0 Å². The van der Waals surface area contributed by atoms with Crippen molar-refractivity contribution < 1.29 is 14.1 Å². The molecule has 1 aromatic carbocycles. The molecule has 2 rings (SSSR count). The molecule has 0 saturated heterocycles. The molecular weight excluding hydrogens is 422 g/mol. The maximum Gasteiger partial charge on any atom is 0.354 e. The second-order valence-corrected chi connectivity index (χ2v) is 11.1. The van der Waals surface area contributed by atoms with E-state index >= 15 is 0 Å². The minimum absolute atomic E-state index is 0.0293. The van der Waals surface area contributed by atoms with E-state index in [4.69, 9.17) is 5.14 Å². The number of thiazole rings is 1. The number of carbonyl (C=O) groups excluding carboxylic acids is 1. The molecule has 0 unspecified atom stereocenters. The molecule has 4 N–H and O–H groups in total. The average Bonchev–Trinajstić information content (AvgIpc) is 3.12. The molecule has 0 bridgehead atoms. The van der Waals surface area contributed by atoms with Gasteiger partial charge in [-0.2, -0.15) is 5.26 Å². The van der Waals surface area contributed by atoms with Gasteiger partial charge in [-0.1, -0.05) is 27.7 Å². The van der Waals surface area contributed by atoms with Gasteiger partial charge in [-0.15, -0.1) is 15.7 Å². The molecule has 0 saturated carbocycles. The minimum atomic E-state index is -3.59. The van der Waals surface area contributed by atoms with E-state index in [-0.39, 0.29) is 16.2 Å². The van der Waals surface area contributed by atoms with Crippen molar-refractivity contribution in [2.75, 3.05) is 5.32 Å². The van der Waals surface area contributed by atoms with Crippen molar-refractivity contribution in [1.29, 1.82) is 5.26 Å². The topological polar surface area (TPSA) is 141 Å². The van der Waals surface area contributed by atoms with Crippen LogP contribution in [0.15, 0.2) is 27.0 Å². The van der Waals surface area contributed by atoms with Crippen molar-refractivity contribution in [2.45, 2.75) is 63.3 Å². The van der Waals surface area contributed by atoms with Crippen molar-refractivity contribution in [3.05, 3.63) is 39.9 Å². The van der Waals surface area contributed by atoms with Crippen LogP contribution in [0.4, 0.5) is 10.5 Å². The van der Waals surface area contributed by atoms with Crippen LogP contribution in [-0.4, -0.2) is 20.3 Å². The van der Waals surface area contributed by atoms with E-state index in [0.717, 1.165) is 22.5 Å². The molecule has 2 amide bonds. The van der Waals surface area contributed by atoms with Crippen LogP contribution in [0.1, 0.15) is 74.9 Å². The van der Waals surface area contributed by atoms with E-state index < -0.39 is 21.5 Å². The average molecular weight is 450 g/mol. The quantitative estimate of drug-likeness (QED) is 0.619. The Morgan fingerprint density at radius 1 is 1.30 bits per heavy atom. The van der Waals surface area contributed by atoms with Crippen molar-refractivity contribution >= 4 is 33.0 Å². The Hall–Kier alpha value is -2.32. The van der Waals surface area contributed by atoms with Crippen LogP contribution < -0.4 is 10.5 Å². The summed E-state index contributed by atoms with van der Waals surface area (Å²) in [6.07, 6.45) is 1.37. The molecule has 1 heterocycles. The minimum Gasteiger partial charge on any atom is -0.385 e. The highest BCUT2D eigenvalue weighted by Gasteiger charge is 2.24. The number of aliphatic hydroxyl groups is 1. The van der Waals surface area contributed by atoms with Gasteiger partial charge in [-0.05, 0) is 48.9 Å². The van der Waals surface area contributed by atoms with Crippen LogP contribution in [0, 0.1) is 11.3 Å². The number of benzene rings is 1. The van der Waals surface area contributed by atoms with Crippen LogP contribution in [0.2, 0.25) is 0 Å². The highest BCUT2D eigenvalue weighted by atomic mass is 32.2. The normalized spacial score (nSPS) is 13.8. The van der Waals surface area contributed by atoms with Crippen LogP contribution in [0.5, 0.6) is 0 Å². The Balaban J connectivity index is 2.48. The number of hydrogen-bond donors (Lipinski definition) is 3. The third-order valence-electron chi connectivity index (χ3n) is 4.36. The van der Waals surface area contributed by atoms with Gasteiger partial charge in [0.25, 0.3) is 0 Å². The lowest BCUT2D eigenvalue weighted by molar-refractivity contribution is 0.0823. The summed E-state index contributed by atoms with van der Waals surface area (Å²) in [5, 5.41) is 27.9. The third kappa shape index (κ3) is 5.43. The van der Waals surface area contributed by atoms with Gasteiger partial charge in [0.15, 0.2) is 9.92 Å². The first kappa shape index (κ1) is 24.0. The van der Waals surface area contributed by atoms with E-state index in [0.29, 0.717) is 16.1 Å². The molecule has 0 radical (unpaired) electrons. The fraction of sp³-hybridized carbons (Fsp3) is 0.450. The van der Waals surface area contributed by atoms with Crippen molar-refractivity contribution in [3.8, 4) is 6.07 Å². The molecule has 10 heteroatoms. The van der Waals surface area contributed by atoms with Gasteiger partial charge in [0.05, 0.1) is 22.1 Å². The van der Waals surface area contributed by atoms with Gasteiger partial charge in [0.2, 0.25) is 4.34 Å². The Kier molecular flexibility index (Phi) is 7.04. The number of nitrogens with two attached hydrogens (primary N) is 1. The molecule has 30 heavy (non-hydrogen) atoms. The number of nitriles is 1. The smallest absolute Gasteiger partial charge is 0.354 e. The molecule has 0 fully saturated rings. The number of aromatic nitrogens is 1. The summed E-state index contributed by atoms with van der Waals surface area (Å²) in [5.41, 5.74) is 1.43. The predicted octanol–water partition coefficient (Wildman–Crippen LogP) is 4.42. The molecule has 1 aromatic heterocycles. The van der Waals surface area contributed by atoms with Gasteiger partial charge in [0, 0.05) is 11.9 Å². The predicted molar refractivity (Wildman–Crippen MR) is 119 cm³/mol. The summed E-state index contributed by atoms with van der Waals surface area (Å²) < 4.78 is 16.5. The Labute approximate surface area is 181 Å². The first-order chi connectivity index (χ1) is 13.8. The number of nitrogens with one attached hydrogen (secondary N) is 1. The van der Waals surface area contributed by atoms with Gasteiger partial charge in [-0.25, -0.2) is 19.1 Å². The van der Waals surface area contributed by atoms with E-state index in [1.807, 2.05) is 27.7 Å². The maximum atomic E-state index is 12.8. The van der Waals surface area contributed by atoms with Crippen LogP contribution in [-0.2, 0) is 15.5 Å². The van der Waals surface area contributed by atoms with Crippen molar-refractivity contribution in [3.63, 3.8) is 0 Å². The summed E-state index contributed by atoms with van der Waals surface area (Å²) in [6, 6.07) is 4.73. The number of carbonyl (C=O) groups is 1. The second-order valence-electron chi connectivity index (χ2n) is 8.09. The lowest BCUT2D eigenvalue weighted by atomic mass is 9.90. The summed E-state index contributed by atoms with van der Waals surface area (Å²) in [4.78, 5) is 17.1. The largest absolute Gasteiger partial charge is 0.385 e. The third-order valence-corrected chi connectivity index (χ3v) is 7.47. The standard InChI is InChI=1S/C20H27N5O3S2/c1-11(2)14-7-13(9-21)8-15(12(3)4)17(14)24-18(26)25-30(22,28)19-23-10-16(29-19)20(5,6)27/h7-8,10-12,27H,1-6H3,(H3,22,24,25,26,28)/t30-/m0/s1. The van der Waals surface area contributed by atoms with E-state index in [1.165, 1.54) is 6.20 Å². The Bertz CT molecular complexity index is 1090. The number of urea groups is 1. The maximum absolute atomic E-state index is 12.8.